The summed E-state index contributed by atoms with van der Waals surface area (Å²) in [4.78, 5) is 16.1. The summed E-state index contributed by atoms with van der Waals surface area (Å²) in [5.74, 6) is 0.841. The maximum Gasteiger partial charge on any atom is 0.267 e. The number of likely N-dealkylation sites (N-methyl/N-ethyl adjacent to an activating group) is 1. The van der Waals surface area contributed by atoms with Gasteiger partial charge in [-0.2, -0.15) is 0 Å². The van der Waals surface area contributed by atoms with E-state index in [2.05, 4.69) is 22.3 Å². The van der Waals surface area contributed by atoms with Crippen LogP contribution in [0.4, 0.5) is 11.4 Å². The molecule has 2 aliphatic rings. The van der Waals surface area contributed by atoms with Gasteiger partial charge in [-0.05, 0) is 31.5 Å². The molecule has 1 amide bonds. The molecule has 1 unspecified atom stereocenters. The summed E-state index contributed by atoms with van der Waals surface area (Å²) in [6.07, 6.45) is -0.406. The lowest BCUT2D eigenvalue weighted by Crippen LogP contribution is -2.44. The van der Waals surface area contributed by atoms with Crippen molar-refractivity contribution in [1.29, 1.82) is 0 Å². The molecule has 2 aliphatic heterocycles. The fourth-order valence-corrected chi connectivity index (χ4v) is 2.86. The summed E-state index contributed by atoms with van der Waals surface area (Å²) in [6.45, 7) is 7.82. The molecule has 0 radical (unpaired) electrons. The predicted octanol–water partition coefficient (Wildman–Crippen LogP) is 1.15. The minimum absolute atomic E-state index is 0.00867. The van der Waals surface area contributed by atoms with Crippen LogP contribution in [-0.4, -0.2) is 45.2 Å². The number of hydrogen-bond donors (Lipinski definition) is 1. The first-order valence-electron chi connectivity index (χ1n) is 7.12. The topological polar surface area (TPSA) is 44.8 Å². The number of nitrogens with zero attached hydrogens (tertiary/aromatic N) is 2. The molecule has 3 rings (SSSR count). The second kappa shape index (κ2) is 4.98. The van der Waals surface area contributed by atoms with Crippen LogP contribution in [0.3, 0.4) is 0 Å². The summed E-state index contributed by atoms with van der Waals surface area (Å²) in [5, 5.41) is 3.35. The fraction of sp³-hybridized carbons (Fsp3) is 0.533. The average Bonchev–Trinajstić information content (AvgIpc) is 2.47. The predicted molar refractivity (Wildman–Crippen MR) is 79.8 cm³/mol. The first kappa shape index (κ1) is 13.2. The molecule has 108 valence electrons. The number of carbonyl (C=O) groups is 1. The van der Waals surface area contributed by atoms with E-state index in [9.17, 15) is 4.79 Å². The number of hydrogen-bond acceptors (Lipinski definition) is 4. The van der Waals surface area contributed by atoms with Crippen molar-refractivity contribution in [2.24, 2.45) is 0 Å². The zero-order valence-electron chi connectivity index (χ0n) is 12.3. The van der Waals surface area contributed by atoms with Gasteiger partial charge in [0, 0.05) is 38.9 Å². The summed E-state index contributed by atoms with van der Waals surface area (Å²) in [6, 6.07) is 4.22. The van der Waals surface area contributed by atoms with E-state index < -0.39 is 6.10 Å². The van der Waals surface area contributed by atoms with Crippen molar-refractivity contribution in [3.63, 3.8) is 0 Å². The van der Waals surface area contributed by atoms with Gasteiger partial charge in [0.25, 0.3) is 5.91 Å². The lowest BCUT2D eigenvalue weighted by molar-refractivity contribution is -0.125. The molecule has 0 aromatic heterocycles. The molecular weight excluding hydrogens is 254 g/mol. The highest BCUT2D eigenvalue weighted by molar-refractivity contribution is 6.00. The highest BCUT2D eigenvalue weighted by atomic mass is 16.5. The van der Waals surface area contributed by atoms with Crippen LogP contribution in [0.1, 0.15) is 12.5 Å². The Labute approximate surface area is 119 Å². The molecule has 1 atom stereocenters. The number of benzene rings is 1. The number of carbonyl (C=O) groups excluding carboxylic acids is 1. The van der Waals surface area contributed by atoms with Gasteiger partial charge < -0.3 is 19.9 Å². The van der Waals surface area contributed by atoms with Crippen LogP contribution in [0.2, 0.25) is 0 Å². The Morgan fingerprint density at radius 2 is 2.00 bits per heavy atom. The highest BCUT2D eigenvalue weighted by Gasteiger charge is 2.30. The van der Waals surface area contributed by atoms with E-state index in [0.29, 0.717) is 0 Å². The van der Waals surface area contributed by atoms with Crippen molar-refractivity contribution in [3.8, 4) is 5.75 Å². The summed E-state index contributed by atoms with van der Waals surface area (Å²) in [5.41, 5.74) is 3.13. The van der Waals surface area contributed by atoms with Gasteiger partial charge in [-0.3, -0.25) is 4.79 Å². The second-order valence-electron chi connectivity index (χ2n) is 5.51. The third-order valence-corrected chi connectivity index (χ3v) is 4.06. The zero-order valence-corrected chi connectivity index (χ0v) is 12.3. The van der Waals surface area contributed by atoms with Crippen molar-refractivity contribution in [2.45, 2.75) is 20.0 Å². The molecule has 5 nitrogen and oxygen atoms in total. The molecule has 5 heteroatoms. The first-order chi connectivity index (χ1) is 9.58. The Hall–Kier alpha value is -1.75. The van der Waals surface area contributed by atoms with Crippen LogP contribution in [0.15, 0.2) is 12.1 Å². The normalized spacial score (nSPS) is 22.6. The third kappa shape index (κ3) is 2.12. The maximum atomic E-state index is 12.1. The molecule has 2 heterocycles. The molecule has 1 N–H and O–H groups in total. The zero-order chi connectivity index (χ0) is 14.3. The number of nitrogens with one attached hydrogen (secondary N) is 1. The summed E-state index contributed by atoms with van der Waals surface area (Å²) in [7, 11) is 1.82. The Balaban J connectivity index is 2.00. The van der Waals surface area contributed by atoms with Gasteiger partial charge in [0.05, 0.1) is 5.69 Å². The van der Waals surface area contributed by atoms with E-state index in [1.54, 1.807) is 11.8 Å². The number of ether oxygens (including phenoxy) is 1. The lowest BCUT2D eigenvalue weighted by Gasteiger charge is -2.34. The second-order valence-corrected chi connectivity index (χ2v) is 5.51. The molecular formula is C15H21N3O2. The van der Waals surface area contributed by atoms with Crippen molar-refractivity contribution in [2.75, 3.05) is 43.0 Å². The number of rotatable bonds is 1. The third-order valence-electron chi connectivity index (χ3n) is 4.06. The van der Waals surface area contributed by atoms with E-state index in [0.717, 1.165) is 43.2 Å². The molecule has 0 bridgehead atoms. The van der Waals surface area contributed by atoms with Gasteiger partial charge in [-0.15, -0.1) is 0 Å². The van der Waals surface area contributed by atoms with E-state index in [1.807, 2.05) is 14.0 Å². The Morgan fingerprint density at radius 3 is 2.70 bits per heavy atom. The standard InChI is InChI=1S/C15H21N3O2/c1-10-8-12(18-6-4-16-5-7-18)9-13-14(10)20-11(2)15(19)17(13)3/h8-9,11,16H,4-7H2,1-3H3. The Kier molecular flexibility index (Phi) is 3.30. The molecule has 1 fully saturated rings. The highest BCUT2D eigenvalue weighted by Crippen LogP contribution is 2.39. The van der Waals surface area contributed by atoms with Crippen LogP contribution in [-0.2, 0) is 4.79 Å². The van der Waals surface area contributed by atoms with Crippen LogP contribution in [0.25, 0.3) is 0 Å². The summed E-state index contributed by atoms with van der Waals surface area (Å²) < 4.78 is 5.77. The van der Waals surface area contributed by atoms with Crippen molar-refractivity contribution >= 4 is 17.3 Å². The van der Waals surface area contributed by atoms with Gasteiger partial charge >= 0.3 is 0 Å². The smallest absolute Gasteiger partial charge is 0.267 e. The largest absolute Gasteiger partial charge is 0.478 e. The van der Waals surface area contributed by atoms with E-state index in [-0.39, 0.29) is 5.91 Å². The van der Waals surface area contributed by atoms with Crippen molar-refractivity contribution < 1.29 is 9.53 Å². The molecule has 0 saturated carbocycles. The van der Waals surface area contributed by atoms with Crippen LogP contribution < -0.4 is 19.9 Å². The van der Waals surface area contributed by atoms with Crippen LogP contribution in [0, 0.1) is 6.92 Å². The molecule has 1 saturated heterocycles. The van der Waals surface area contributed by atoms with Gasteiger partial charge in [0.15, 0.2) is 6.10 Å². The van der Waals surface area contributed by atoms with Crippen molar-refractivity contribution in [3.05, 3.63) is 17.7 Å². The number of fused-ring (bicyclic) bond motifs is 1. The number of anilines is 2. The SMILES string of the molecule is Cc1cc(N2CCNCC2)cc2c1OC(C)C(=O)N2C. The molecule has 0 aliphatic carbocycles. The minimum atomic E-state index is -0.406. The molecule has 1 aromatic rings. The van der Waals surface area contributed by atoms with E-state index in [1.165, 1.54) is 5.69 Å². The molecule has 0 spiro atoms. The molecule has 20 heavy (non-hydrogen) atoms. The maximum absolute atomic E-state index is 12.1. The Bertz CT molecular complexity index is 538. The number of amides is 1. The van der Waals surface area contributed by atoms with Gasteiger partial charge in [-0.1, -0.05) is 0 Å². The molecule has 1 aromatic carbocycles. The first-order valence-corrected chi connectivity index (χ1v) is 7.12. The van der Waals surface area contributed by atoms with Crippen LogP contribution in [0.5, 0.6) is 5.75 Å². The number of aryl methyl sites for hydroxylation is 1. The quantitative estimate of drug-likeness (QED) is 0.835. The van der Waals surface area contributed by atoms with Crippen molar-refractivity contribution in [1.82, 2.24) is 5.32 Å². The minimum Gasteiger partial charge on any atom is -0.478 e. The van der Waals surface area contributed by atoms with E-state index in [4.69, 9.17) is 4.74 Å². The monoisotopic (exact) mass is 275 g/mol. The van der Waals surface area contributed by atoms with E-state index >= 15 is 0 Å². The summed E-state index contributed by atoms with van der Waals surface area (Å²) >= 11 is 0. The van der Waals surface area contributed by atoms with Crippen LogP contribution >= 0.6 is 0 Å². The van der Waals surface area contributed by atoms with Gasteiger partial charge in [0.2, 0.25) is 0 Å². The number of piperazine rings is 1. The lowest BCUT2D eigenvalue weighted by atomic mass is 10.1. The Morgan fingerprint density at radius 1 is 1.30 bits per heavy atom. The van der Waals surface area contributed by atoms with Gasteiger partial charge in [-0.25, -0.2) is 0 Å². The fourth-order valence-electron chi connectivity index (χ4n) is 2.86. The average molecular weight is 275 g/mol. The van der Waals surface area contributed by atoms with Gasteiger partial charge in [0.1, 0.15) is 5.75 Å².